The molecule has 0 aromatic heterocycles. The Bertz CT molecular complexity index is 95.1. The summed E-state index contributed by atoms with van der Waals surface area (Å²) in [6, 6.07) is 0. The first kappa shape index (κ1) is 8.27. The van der Waals surface area contributed by atoms with Crippen molar-refractivity contribution >= 4 is 0 Å². The Hall–Kier alpha value is -0.730. The van der Waals surface area contributed by atoms with Gasteiger partial charge in [0, 0.05) is 0 Å². The number of nitrogens with one attached hydrogen (secondary N) is 1. The van der Waals surface area contributed by atoms with Gasteiger partial charge in [-0.1, -0.05) is 6.42 Å². The third kappa shape index (κ3) is 7.27. The van der Waals surface area contributed by atoms with E-state index in [2.05, 4.69) is 10.0 Å². The highest BCUT2D eigenvalue weighted by atomic mass is 15.1. The lowest BCUT2D eigenvalue weighted by atomic mass is 10.2. The predicted molar refractivity (Wildman–Crippen MR) is 35.1 cm³/mol. The molecule has 0 saturated carbocycles. The first-order valence-electron chi connectivity index (χ1n) is 3.15. The molecule has 0 atom stereocenters. The highest BCUT2D eigenvalue weighted by Crippen LogP contribution is 1.91. The lowest BCUT2D eigenvalue weighted by Crippen LogP contribution is -1.97. The van der Waals surface area contributed by atoms with Gasteiger partial charge in [0.25, 0.3) is 0 Å². The zero-order valence-corrected chi connectivity index (χ0v) is 5.51. The number of hydrogen-bond acceptors (Lipinski definition) is 3. The minimum atomic E-state index is 0.670. The Kier molecular flexibility index (Phi) is 6.68. The third-order valence-corrected chi connectivity index (χ3v) is 1.03. The lowest BCUT2D eigenvalue weighted by molar-refractivity contribution is 0.674. The molecule has 52 valence electrons. The summed E-state index contributed by atoms with van der Waals surface area (Å²) in [5.74, 6) is 0. The predicted octanol–water partition coefficient (Wildman–Crippen LogP) is 0.666. The molecule has 0 aliphatic heterocycles. The van der Waals surface area contributed by atoms with Crippen molar-refractivity contribution in [3.05, 3.63) is 0 Å². The van der Waals surface area contributed by atoms with Crippen LogP contribution in [0.4, 0.5) is 0 Å². The Morgan fingerprint density at radius 3 is 2.67 bits per heavy atom. The van der Waals surface area contributed by atoms with E-state index in [-0.39, 0.29) is 0 Å². The van der Waals surface area contributed by atoms with Gasteiger partial charge in [-0.25, -0.2) is 0 Å². The van der Waals surface area contributed by atoms with Gasteiger partial charge in [-0.2, -0.15) is 0 Å². The van der Waals surface area contributed by atoms with Crippen LogP contribution < -0.4 is 10.6 Å². The molecule has 0 bridgehead atoms. The van der Waals surface area contributed by atoms with Gasteiger partial charge in [0.05, 0.1) is 0 Å². The van der Waals surface area contributed by atoms with E-state index in [4.69, 9.17) is 11.3 Å². The molecular weight excluding hydrogens is 116 g/mol. The van der Waals surface area contributed by atoms with Crippen molar-refractivity contribution in [2.24, 2.45) is 10.8 Å². The van der Waals surface area contributed by atoms with Gasteiger partial charge >= 0.3 is 0 Å². The van der Waals surface area contributed by atoms with Crippen LogP contribution in [0.5, 0.6) is 0 Å². The second-order valence-corrected chi connectivity index (χ2v) is 1.81. The number of unbranched alkanes of at least 4 members (excludes halogenated alkanes) is 2. The standard InChI is InChI=1S/C5H13N4/c6-4-2-1-3-5-8-9-7/h7H,1-6H2/q+1. The fraction of sp³-hybridized carbons (Fsp3) is 1.00. The molecule has 0 amide bonds. The average Bonchev–Trinajstić information content (AvgIpc) is 1.89. The maximum absolute atomic E-state index is 6.32. The van der Waals surface area contributed by atoms with Crippen molar-refractivity contribution in [3.63, 3.8) is 0 Å². The summed E-state index contributed by atoms with van der Waals surface area (Å²) in [4.78, 5) is 2.88. The van der Waals surface area contributed by atoms with Crippen LogP contribution >= 0.6 is 0 Å². The van der Waals surface area contributed by atoms with E-state index in [1.165, 1.54) is 0 Å². The summed E-state index contributed by atoms with van der Waals surface area (Å²) in [6.45, 7) is 1.42. The summed E-state index contributed by atoms with van der Waals surface area (Å²) in [7, 11) is 0. The SMILES string of the molecule is N=[N+]=NCCCCCN. The van der Waals surface area contributed by atoms with Crippen LogP contribution in [-0.4, -0.2) is 13.1 Å². The number of rotatable bonds is 5. The van der Waals surface area contributed by atoms with Crippen LogP contribution in [-0.2, 0) is 0 Å². The Labute approximate surface area is 54.7 Å². The third-order valence-electron chi connectivity index (χ3n) is 1.03. The minimum Gasteiger partial charge on any atom is -0.330 e. The molecule has 4 nitrogen and oxygen atoms in total. The van der Waals surface area contributed by atoms with Gasteiger partial charge in [-0.05, 0) is 19.4 Å². The molecule has 0 rings (SSSR count). The van der Waals surface area contributed by atoms with E-state index in [1.54, 1.807) is 0 Å². The molecule has 9 heavy (non-hydrogen) atoms. The zero-order chi connectivity index (χ0) is 6.95. The maximum atomic E-state index is 6.32. The van der Waals surface area contributed by atoms with Gasteiger partial charge in [0.1, 0.15) is 17.2 Å². The first-order chi connectivity index (χ1) is 4.41. The summed E-state index contributed by atoms with van der Waals surface area (Å²) in [5, 5.41) is 3.49. The Balaban J connectivity index is 2.82. The van der Waals surface area contributed by atoms with Crippen LogP contribution in [0, 0.1) is 5.53 Å². The van der Waals surface area contributed by atoms with Gasteiger partial charge in [0.15, 0.2) is 0 Å². The van der Waals surface area contributed by atoms with Gasteiger partial charge in [-0.3, -0.25) is 0 Å². The van der Waals surface area contributed by atoms with Crippen molar-refractivity contribution in [1.29, 1.82) is 5.53 Å². The van der Waals surface area contributed by atoms with Crippen molar-refractivity contribution in [2.75, 3.05) is 13.1 Å². The van der Waals surface area contributed by atoms with E-state index in [1.807, 2.05) is 0 Å². The van der Waals surface area contributed by atoms with E-state index >= 15 is 0 Å². The second kappa shape index (κ2) is 7.27. The molecule has 0 unspecified atom stereocenters. The monoisotopic (exact) mass is 129 g/mol. The number of nitrogens with two attached hydrogens (primary N) is 1. The van der Waals surface area contributed by atoms with Gasteiger partial charge < -0.3 is 5.73 Å². The first-order valence-corrected chi connectivity index (χ1v) is 3.15. The summed E-state index contributed by atoms with van der Waals surface area (Å²) < 4.78 is 0. The molecule has 0 aliphatic carbocycles. The van der Waals surface area contributed by atoms with E-state index < -0.39 is 0 Å². The Morgan fingerprint density at radius 2 is 2.11 bits per heavy atom. The van der Waals surface area contributed by atoms with Crippen LogP contribution in [0.15, 0.2) is 5.11 Å². The number of hydrogen-bond donors (Lipinski definition) is 2. The topological polar surface area (TPSA) is 76.3 Å². The average molecular weight is 129 g/mol. The van der Waals surface area contributed by atoms with Crippen LogP contribution in [0.2, 0.25) is 0 Å². The molecular formula is C5H13N4+. The molecule has 0 saturated heterocycles. The molecule has 0 aromatic rings. The largest absolute Gasteiger partial charge is 0.330 e. The molecule has 0 spiro atoms. The normalized spacial score (nSPS) is 8.56. The fourth-order valence-electron chi connectivity index (χ4n) is 0.554. The van der Waals surface area contributed by atoms with Crippen molar-refractivity contribution in [2.45, 2.75) is 19.3 Å². The molecule has 0 heterocycles. The summed E-state index contributed by atoms with van der Waals surface area (Å²) in [5.41, 5.74) is 11.6. The lowest BCUT2D eigenvalue weighted by Gasteiger charge is -1.88. The molecule has 0 aromatic carbocycles. The van der Waals surface area contributed by atoms with Crippen LogP contribution in [0.3, 0.4) is 0 Å². The molecule has 4 heteroatoms. The maximum Gasteiger partial charge on any atom is 0.214 e. The van der Waals surface area contributed by atoms with E-state index in [9.17, 15) is 0 Å². The quantitative estimate of drug-likeness (QED) is 0.319. The van der Waals surface area contributed by atoms with Crippen molar-refractivity contribution in [1.82, 2.24) is 4.91 Å². The van der Waals surface area contributed by atoms with Gasteiger partial charge in [0.2, 0.25) is 4.91 Å². The minimum absolute atomic E-state index is 0.670. The highest BCUT2D eigenvalue weighted by Gasteiger charge is 1.87. The smallest absolute Gasteiger partial charge is 0.214 e. The van der Waals surface area contributed by atoms with Crippen molar-refractivity contribution in [3.8, 4) is 0 Å². The summed E-state index contributed by atoms with van der Waals surface area (Å²) in [6.07, 6.45) is 3.14. The van der Waals surface area contributed by atoms with E-state index in [0.717, 1.165) is 25.8 Å². The van der Waals surface area contributed by atoms with Crippen molar-refractivity contribution < 1.29 is 0 Å². The van der Waals surface area contributed by atoms with Crippen LogP contribution in [0.25, 0.3) is 0 Å². The summed E-state index contributed by atoms with van der Waals surface area (Å²) >= 11 is 0. The zero-order valence-electron chi connectivity index (χ0n) is 5.51. The second-order valence-electron chi connectivity index (χ2n) is 1.81. The molecule has 0 radical (unpaired) electrons. The molecule has 3 N–H and O–H groups in total. The van der Waals surface area contributed by atoms with E-state index in [0.29, 0.717) is 6.54 Å². The molecule has 0 aliphatic rings. The Morgan fingerprint density at radius 1 is 1.33 bits per heavy atom. The fourth-order valence-corrected chi connectivity index (χ4v) is 0.554. The molecule has 0 fully saturated rings. The van der Waals surface area contributed by atoms with Gasteiger partial charge in [-0.15, -0.1) is 0 Å². The van der Waals surface area contributed by atoms with Crippen LogP contribution in [0.1, 0.15) is 19.3 Å². The number of nitrogens with zero attached hydrogens (tertiary/aromatic N) is 2. The highest BCUT2D eigenvalue weighted by molar-refractivity contribution is 4.42.